The fraction of sp³-hybridized carbons (Fsp3) is 0.812. The van der Waals surface area contributed by atoms with Crippen LogP contribution in [-0.2, 0) is 14.4 Å². The molecule has 2 unspecified atom stereocenters. The molecule has 2 aliphatic heterocycles. The lowest BCUT2D eigenvalue weighted by Gasteiger charge is -2.36. The molecular formula is C16H26N2O4. The Balaban J connectivity index is 2.01. The fourth-order valence-corrected chi connectivity index (χ4v) is 3.39. The molecule has 6 nitrogen and oxygen atoms in total. The van der Waals surface area contributed by atoms with E-state index in [2.05, 4.69) is 0 Å². The van der Waals surface area contributed by atoms with Gasteiger partial charge in [0.25, 0.3) is 0 Å². The summed E-state index contributed by atoms with van der Waals surface area (Å²) in [6, 6.07) is -0.687. The molecule has 2 fully saturated rings. The first-order valence-corrected chi connectivity index (χ1v) is 8.27. The Bertz CT molecular complexity index is 451. The van der Waals surface area contributed by atoms with Crippen LogP contribution in [0.4, 0.5) is 0 Å². The van der Waals surface area contributed by atoms with Crippen LogP contribution < -0.4 is 0 Å². The molecule has 2 heterocycles. The first-order chi connectivity index (χ1) is 10.5. The highest BCUT2D eigenvalue weighted by Crippen LogP contribution is 2.25. The minimum absolute atomic E-state index is 0.0209. The average Bonchev–Trinajstić information content (AvgIpc) is 3.02. The molecule has 0 aromatic rings. The van der Waals surface area contributed by atoms with Crippen LogP contribution in [-0.4, -0.2) is 58.4 Å². The van der Waals surface area contributed by atoms with Gasteiger partial charge in [-0.15, -0.1) is 0 Å². The van der Waals surface area contributed by atoms with Crippen molar-refractivity contribution < 1.29 is 19.5 Å². The molecule has 0 aliphatic carbocycles. The van der Waals surface area contributed by atoms with E-state index in [1.807, 2.05) is 13.8 Å². The fourth-order valence-electron chi connectivity index (χ4n) is 3.39. The van der Waals surface area contributed by atoms with Crippen molar-refractivity contribution in [2.45, 2.75) is 52.0 Å². The van der Waals surface area contributed by atoms with E-state index in [4.69, 9.17) is 0 Å². The molecule has 22 heavy (non-hydrogen) atoms. The largest absolute Gasteiger partial charge is 0.480 e. The van der Waals surface area contributed by atoms with E-state index in [1.54, 1.807) is 4.90 Å². The number of likely N-dealkylation sites (tertiary alicyclic amines) is 2. The zero-order valence-corrected chi connectivity index (χ0v) is 13.5. The smallest absolute Gasteiger partial charge is 0.326 e. The van der Waals surface area contributed by atoms with Crippen molar-refractivity contribution in [1.29, 1.82) is 0 Å². The number of piperidine rings is 1. The van der Waals surface area contributed by atoms with Crippen molar-refractivity contribution in [2.24, 2.45) is 11.8 Å². The molecule has 0 aromatic carbocycles. The summed E-state index contributed by atoms with van der Waals surface area (Å²) in [5, 5.41) is 9.22. The second-order valence-corrected chi connectivity index (χ2v) is 6.46. The van der Waals surface area contributed by atoms with Crippen molar-refractivity contribution in [3.05, 3.63) is 0 Å². The van der Waals surface area contributed by atoms with Gasteiger partial charge in [0.15, 0.2) is 0 Å². The lowest BCUT2D eigenvalue weighted by Crippen LogP contribution is -2.50. The number of carbonyl (C=O) groups is 3. The van der Waals surface area contributed by atoms with E-state index >= 15 is 0 Å². The van der Waals surface area contributed by atoms with Gasteiger partial charge in [-0.25, -0.2) is 4.79 Å². The molecule has 2 aliphatic rings. The molecule has 2 amide bonds. The predicted octanol–water partition coefficient (Wildman–Crippen LogP) is 1.35. The van der Waals surface area contributed by atoms with Crippen LogP contribution in [0.1, 0.15) is 46.0 Å². The number of carboxylic acids is 1. The molecule has 0 aromatic heterocycles. The molecule has 0 spiro atoms. The van der Waals surface area contributed by atoms with Crippen molar-refractivity contribution in [3.8, 4) is 0 Å². The van der Waals surface area contributed by atoms with Gasteiger partial charge in [0.2, 0.25) is 11.8 Å². The summed E-state index contributed by atoms with van der Waals surface area (Å²) in [5.74, 6) is -1.17. The maximum Gasteiger partial charge on any atom is 0.326 e. The van der Waals surface area contributed by atoms with Crippen molar-refractivity contribution in [1.82, 2.24) is 9.80 Å². The highest BCUT2D eigenvalue weighted by molar-refractivity contribution is 5.86. The molecule has 3 atom stereocenters. The molecule has 2 saturated heterocycles. The van der Waals surface area contributed by atoms with Crippen LogP contribution >= 0.6 is 0 Å². The monoisotopic (exact) mass is 310 g/mol. The van der Waals surface area contributed by atoms with Gasteiger partial charge in [0, 0.05) is 25.6 Å². The minimum atomic E-state index is -0.922. The van der Waals surface area contributed by atoms with Crippen LogP contribution in [0.25, 0.3) is 0 Å². The van der Waals surface area contributed by atoms with Crippen molar-refractivity contribution in [3.63, 3.8) is 0 Å². The Morgan fingerprint density at radius 3 is 2.50 bits per heavy atom. The summed E-state index contributed by atoms with van der Waals surface area (Å²) in [5.41, 5.74) is 0. The Hall–Kier alpha value is -1.59. The summed E-state index contributed by atoms with van der Waals surface area (Å²) in [6.07, 6.45) is 3.62. The second kappa shape index (κ2) is 7.11. The highest BCUT2D eigenvalue weighted by Gasteiger charge is 2.39. The van der Waals surface area contributed by atoms with E-state index in [-0.39, 0.29) is 23.7 Å². The number of carbonyl (C=O) groups excluding carboxylic acids is 2. The quantitative estimate of drug-likeness (QED) is 0.850. The topological polar surface area (TPSA) is 77.9 Å². The third-order valence-electron chi connectivity index (χ3n) is 4.94. The summed E-state index contributed by atoms with van der Waals surface area (Å²) < 4.78 is 0. The van der Waals surface area contributed by atoms with Crippen molar-refractivity contribution >= 4 is 17.8 Å². The maximum atomic E-state index is 12.6. The standard InChI is InChI=1S/C16H26N2O4/c1-3-11(2)14(19)17-8-4-6-12(10-17)15(20)18-9-5-7-13(18)16(21)22/h11-13H,3-10H2,1-2H3,(H,21,22)/t11?,12?,13-/m1/s1. The molecule has 124 valence electrons. The first-order valence-electron chi connectivity index (χ1n) is 8.27. The number of hydrogen-bond donors (Lipinski definition) is 1. The number of rotatable bonds is 4. The van der Waals surface area contributed by atoms with Crippen LogP contribution in [0.5, 0.6) is 0 Å². The second-order valence-electron chi connectivity index (χ2n) is 6.46. The van der Waals surface area contributed by atoms with E-state index < -0.39 is 12.0 Å². The lowest BCUT2D eigenvalue weighted by molar-refractivity contribution is -0.152. The number of hydrogen-bond acceptors (Lipinski definition) is 3. The average molecular weight is 310 g/mol. The predicted molar refractivity (Wildman–Crippen MR) is 81.1 cm³/mol. The SMILES string of the molecule is CCC(C)C(=O)N1CCCC(C(=O)N2CCC[C@@H]2C(=O)O)C1. The Morgan fingerprint density at radius 2 is 1.86 bits per heavy atom. The zero-order valence-electron chi connectivity index (χ0n) is 13.5. The summed E-state index contributed by atoms with van der Waals surface area (Å²) in [7, 11) is 0. The van der Waals surface area contributed by atoms with Crippen LogP contribution in [0, 0.1) is 11.8 Å². The third-order valence-corrected chi connectivity index (χ3v) is 4.94. The van der Waals surface area contributed by atoms with Gasteiger partial charge in [-0.1, -0.05) is 13.8 Å². The van der Waals surface area contributed by atoms with Gasteiger partial charge in [-0.2, -0.15) is 0 Å². The van der Waals surface area contributed by atoms with E-state index in [1.165, 1.54) is 4.90 Å². The van der Waals surface area contributed by atoms with Gasteiger partial charge in [-0.3, -0.25) is 9.59 Å². The first kappa shape index (κ1) is 16.8. The maximum absolute atomic E-state index is 12.6. The van der Waals surface area contributed by atoms with Gasteiger partial charge >= 0.3 is 5.97 Å². The normalized spacial score (nSPS) is 26.8. The van der Waals surface area contributed by atoms with Crippen LogP contribution in [0.2, 0.25) is 0 Å². The van der Waals surface area contributed by atoms with E-state index in [9.17, 15) is 19.5 Å². The molecule has 6 heteroatoms. The number of amides is 2. The summed E-state index contributed by atoms with van der Waals surface area (Å²) >= 11 is 0. The van der Waals surface area contributed by atoms with E-state index in [0.29, 0.717) is 26.1 Å². The summed E-state index contributed by atoms with van der Waals surface area (Å²) in [6.45, 7) is 5.55. The number of carboxylic acid groups (broad SMARTS) is 1. The van der Waals surface area contributed by atoms with Gasteiger partial charge in [-0.05, 0) is 32.1 Å². The van der Waals surface area contributed by atoms with E-state index in [0.717, 1.165) is 25.7 Å². The molecule has 0 bridgehead atoms. The number of nitrogens with zero attached hydrogens (tertiary/aromatic N) is 2. The molecule has 2 rings (SSSR count). The molecule has 1 N–H and O–H groups in total. The lowest BCUT2D eigenvalue weighted by atomic mass is 9.94. The molecule has 0 radical (unpaired) electrons. The van der Waals surface area contributed by atoms with Crippen LogP contribution in [0.15, 0.2) is 0 Å². The Labute approximate surface area is 131 Å². The summed E-state index contributed by atoms with van der Waals surface area (Å²) in [4.78, 5) is 39.5. The third kappa shape index (κ3) is 3.42. The molecular weight excluding hydrogens is 284 g/mol. The number of aliphatic carboxylic acids is 1. The van der Waals surface area contributed by atoms with Gasteiger partial charge in [0.1, 0.15) is 6.04 Å². The Morgan fingerprint density at radius 1 is 1.18 bits per heavy atom. The Kier molecular flexibility index (Phi) is 5.42. The van der Waals surface area contributed by atoms with Gasteiger partial charge in [0.05, 0.1) is 5.92 Å². The van der Waals surface area contributed by atoms with Crippen molar-refractivity contribution in [2.75, 3.05) is 19.6 Å². The molecule has 0 saturated carbocycles. The highest BCUT2D eigenvalue weighted by atomic mass is 16.4. The zero-order chi connectivity index (χ0) is 16.3. The van der Waals surface area contributed by atoms with Crippen LogP contribution in [0.3, 0.4) is 0 Å². The van der Waals surface area contributed by atoms with Gasteiger partial charge < -0.3 is 14.9 Å². The minimum Gasteiger partial charge on any atom is -0.480 e.